The molecular formula is C12H15N3O2. The van der Waals surface area contributed by atoms with Crippen molar-refractivity contribution < 1.29 is 10.0 Å². The van der Waals surface area contributed by atoms with E-state index in [0.717, 1.165) is 34.9 Å². The second kappa shape index (κ2) is 4.01. The van der Waals surface area contributed by atoms with Crippen LogP contribution in [0.2, 0.25) is 0 Å². The third kappa shape index (κ3) is 1.87. The molecule has 2 aliphatic heterocycles. The summed E-state index contributed by atoms with van der Waals surface area (Å²) in [6, 6.07) is 6.30. The summed E-state index contributed by atoms with van der Waals surface area (Å²) in [5.74, 6) is 0. The summed E-state index contributed by atoms with van der Waals surface area (Å²) >= 11 is 0. The van der Waals surface area contributed by atoms with E-state index in [1.165, 1.54) is 0 Å². The van der Waals surface area contributed by atoms with E-state index in [1.807, 2.05) is 18.2 Å². The van der Waals surface area contributed by atoms with Crippen LogP contribution in [0.5, 0.6) is 0 Å². The molecule has 1 aromatic rings. The zero-order valence-electron chi connectivity index (χ0n) is 9.68. The van der Waals surface area contributed by atoms with E-state index in [-0.39, 0.29) is 0 Å². The minimum Gasteiger partial charge on any atom is -0.307 e. The van der Waals surface area contributed by atoms with Gasteiger partial charge in [0.2, 0.25) is 0 Å². The summed E-state index contributed by atoms with van der Waals surface area (Å²) in [6.45, 7) is 2.54. The Morgan fingerprint density at radius 2 is 2.41 bits per heavy atom. The highest BCUT2D eigenvalue weighted by Crippen LogP contribution is 2.29. The molecule has 0 saturated heterocycles. The normalized spacial score (nSPS) is 23.1. The van der Waals surface area contributed by atoms with Crippen LogP contribution in [-0.2, 0) is 11.4 Å². The van der Waals surface area contributed by atoms with Gasteiger partial charge in [-0.25, -0.2) is 4.84 Å². The topological polar surface area (TPSA) is 57.1 Å². The SMILES string of the molecule is CC1CCC(c2ccc3c(c2)CON3O)=NN1. The lowest BCUT2D eigenvalue weighted by molar-refractivity contribution is -0.0329. The maximum atomic E-state index is 9.39. The van der Waals surface area contributed by atoms with Crippen molar-refractivity contribution >= 4 is 11.4 Å². The zero-order valence-corrected chi connectivity index (χ0v) is 9.68. The number of anilines is 1. The summed E-state index contributed by atoms with van der Waals surface area (Å²) in [5.41, 5.74) is 6.98. The van der Waals surface area contributed by atoms with Crippen molar-refractivity contribution in [3.63, 3.8) is 0 Å². The second-order valence-electron chi connectivity index (χ2n) is 4.52. The van der Waals surface area contributed by atoms with Gasteiger partial charge >= 0.3 is 0 Å². The van der Waals surface area contributed by atoms with Gasteiger partial charge in [-0.1, -0.05) is 6.07 Å². The Morgan fingerprint density at radius 3 is 3.18 bits per heavy atom. The Labute approximate surface area is 99.6 Å². The lowest BCUT2D eigenvalue weighted by Crippen LogP contribution is -2.28. The van der Waals surface area contributed by atoms with Crippen LogP contribution in [-0.4, -0.2) is 17.0 Å². The van der Waals surface area contributed by atoms with Crippen molar-refractivity contribution in [1.82, 2.24) is 5.43 Å². The minimum atomic E-state index is 0.413. The Balaban J connectivity index is 1.90. The van der Waals surface area contributed by atoms with Crippen LogP contribution in [0.3, 0.4) is 0 Å². The van der Waals surface area contributed by atoms with Crippen LogP contribution < -0.4 is 10.7 Å². The summed E-state index contributed by atoms with van der Waals surface area (Å²) in [7, 11) is 0. The van der Waals surface area contributed by atoms with E-state index in [4.69, 9.17) is 4.84 Å². The van der Waals surface area contributed by atoms with Gasteiger partial charge in [0, 0.05) is 11.6 Å². The van der Waals surface area contributed by atoms with E-state index >= 15 is 0 Å². The first kappa shape index (κ1) is 10.6. The molecule has 3 rings (SSSR count). The van der Waals surface area contributed by atoms with Gasteiger partial charge in [0.15, 0.2) is 0 Å². The van der Waals surface area contributed by atoms with E-state index in [9.17, 15) is 5.21 Å². The molecule has 0 saturated carbocycles. The van der Waals surface area contributed by atoms with Gasteiger partial charge in [-0.3, -0.25) is 5.21 Å². The van der Waals surface area contributed by atoms with Crippen molar-refractivity contribution in [2.75, 3.05) is 5.23 Å². The largest absolute Gasteiger partial charge is 0.307 e. The van der Waals surface area contributed by atoms with Gasteiger partial charge in [-0.15, -0.1) is 5.23 Å². The molecule has 90 valence electrons. The average Bonchev–Trinajstić information content (AvgIpc) is 2.72. The smallest absolute Gasteiger partial charge is 0.105 e. The molecule has 1 unspecified atom stereocenters. The number of nitrogens with one attached hydrogen (secondary N) is 1. The fourth-order valence-electron chi connectivity index (χ4n) is 2.14. The molecule has 0 spiro atoms. The predicted octanol–water partition coefficient (Wildman–Crippen LogP) is 1.80. The number of hydrogen-bond acceptors (Lipinski definition) is 5. The van der Waals surface area contributed by atoms with Gasteiger partial charge in [0.1, 0.15) is 12.3 Å². The highest BCUT2D eigenvalue weighted by atomic mass is 16.9. The van der Waals surface area contributed by atoms with E-state index < -0.39 is 0 Å². The molecule has 5 heteroatoms. The van der Waals surface area contributed by atoms with Crippen molar-refractivity contribution in [2.24, 2.45) is 5.10 Å². The van der Waals surface area contributed by atoms with Gasteiger partial charge in [0.05, 0.1) is 5.71 Å². The fourth-order valence-corrected chi connectivity index (χ4v) is 2.14. The van der Waals surface area contributed by atoms with Crippen molar-refractivity contribution in [3.8, 4) is 0 Å². The molecule has 0 bridgehead atoms. The van der Waals surface area contributed by atoms with E-state index in [0.29, 0.717) is 18.3 Å². The molecule has 0 fully saturated rings. The molecule has 0 amide bonds. The van der Waals surface area contributed by atoms with Crippen molar-refractivity contribution in [1.29, 1.82) is 0 Å². The predicted molar refractivity (Wildman–Crippen MR) is 63.9 cm³/mol. The molecule has 2 heterocycles. The van der Waals surface area contributed by atoms with Crippen LogP contribution >= 0.6 is 0 Å². The van der Waals surface area contributed by atoms with Crippen molar-refractivity contribution in [2.45, 2.75) is 32.4 Å². The first-order valence-corrected chi connectivity index (χ1v) is 5.81. The van der Waals surface area contributed by atoms with Gasteiger partial charge in [-0.05, 0) is 37.5 Å². The molecule has 5 nitrogen and oxygen atoms in total. The standard InChI is InChI=1S/C12H15N3O2/c1-8-2-4-11(14-13-8)9-3-5-12-10(6-9)7-17-15(12)16/h3,5-6,8,13,16H,2,4,7H2,1H3. The first-order valence-electron chi connectivity index (χ1n) is 5.81. The third-order valence-corrected chi connectivity index (χ3v) is 3.20. The molecule has 1 aromatic carbocycles. The van der Waals surface area contributed by atoms with Crippen LogP contribution in [0.4, 0.5) is 5.69 Å². The minimum absolute atomic E-state index is 0.413. The lowest BCUT2D eigenvalue weighted by atomic mass is 10.00. The van der Waals surface area contributed by atoms with Crippen LogP contribution in [0.1, 0.15) is 30.9 Å². The third-order valence-electron chi connectivity index (χ3n) is 3.20. The van der Waals surface area contributed by atoms with Crippen LogP contribution in [0.15, 0.2) is 23.3 Å². The summed E-state index contributed by atoms with van der Waals surface area (Å²) < 4.78 is 0. The molecule has 0 radical (unpaired) electrons. The monoisotopic (exact) mass is 233 g/mol. The number of fused-ring (bicyclic) bond motifs is 1. The van der Waals surface area contributed by atoms with Crippen LogP contribution in [0, 0.1) is 0 Å². The van der Waals surface area contributed by atoms with Gasteiger partial charge in [0.25, 0.3) is 0 Å². The quantitative estimate of drug-likeness (QED) is 0.776. The molecule has 2 N–H and O–H groups in total. The summed E-state index contributed by atoms with van der Waals surface area (Å²) in [6.07, 6.45) is 2.08. The lowest BCUT2D eigenvalue weighted by Gasteiger charge is -2.19. The molecule has 0 aromatic heterocycles. The Hall–Kier alpha value is -1.59. The van der Waals surface area contributed by atoms with Gasteiger partial charge < -0.3 is 5.43 Å². The molecular weight excluding hydrogens is 218 g/mol. The molecule has 1 atom stereocenters. The number of rotatable bonds is 1. The van der Waals surface area contributed by atoms with E-state index in [2.05, 4.69) is 17.5 Å². The Kier molecular flexibility index (Phi) is 2.49. The Bertz CT molecular complexity index is 473. The fraction of sp³-hybridized carbons (Fsp3) is 0.417. The number of hydrazone groups is 1. The second-order valence-corrected chi connectivity index (χ2v) is 4.52. The van der Waals surface area contributed by atoms with Gasteiger partial charge in [-0.2, -0.15) is 5.10 Å². The van der Waals surface area contributed by atoms with Crippen molar-refractivity contribution in [3.05, 3.63) is 29.3 Å². The maximum Gasteiger partial charge on any atom is 0.105 e. The van der Waals surface area contributed by atoms with Crippen LogP contribution in [0.25, 0.3) is 0 Å². The maximum absolute atomic E-state index is 9.39. The molecule has 2 aliphatic rings. The molecule has 17 heavy (non-hydrogen) atoms. The highest BCUT2D eigenvalue weighted by Gasteiger charge is 2.20. The molecule has 0 aliphatic carbocycles. The first-order chi connectivity index (χ1) is 8.24. The summed E-state index contributed by atoms with van der Waals surface area (Å²) in [4.78, 5) is 5.02. The van der Waals surface area contributed by atoms with E-state index in [1.54, 1.807) is 0 Å². The highest BCUT2D eigenvalue weighted by molar-refractivity contribution is 6.01. The summed E-state index contributed by atoms with van der Waals surface area (Å²) in [5, 5.41) is 14.6. The number of hydrogen-bond donors (Lipinski definition) is 2. The Morgan fingerprint density at radius 1 is 1.53 bits per heavy atom. The zero-order chi connectivity index (χ0) is 11.8. The number of nitrogens with zero attached hydrogens (tertiary/aromatic N) is 2. The number of benzene rings is 1. The average molecular weight is 233 g/mol.